The zero-order valence-electron chi connectivity index (χ0n) is 9.88. The molecule has 18 heavy (non-hydrogen) atoms. The first-order valence-corrected chi connectivity index (χ1v) is 6.33. The maximum atomic E-state index is 12.5. The SMILES string of the molecule is CCC(C)c1nc(-c2ccc(C(F)(F)F)s2)n[nH]1. The van der Waals surface area contributed by atoms with E-state index in [2.05, 4.69) is 15.2 Å². The van der Waals surface area contributed by atoms with Crippen molar-refractivity contribution < 1.29 is 13.2 Å². The van der Waals surface area contributed by atoms with Gasteiger partial charge in [-0.1, -0.05) is 13.8 Å². The standard InChI is InChI=1S/C11H12F3N3S/c1-3-6(2)9-15-10(17-16-9)7-4-5-8(18-7)11(12,13)14/h4-6H,3H2,1-2H3,(H,15,16,17). The van der Waals surface area contributed by atoms with Crippen LogP contribution in [0, 0.1) is 0 Å². The summed E-state index contributed by atoms with van der Waals surface area (Å²) in [6.07, 6.45) is -3.41. The molecular formula is C11H12F3N3S. The third-order valence-electron chi connectivity index (χ3n) is 2.69. The fourth-order valence-electron chi connectivity index (χ4n) is 1.41. The number of nitrogens with zero attached hydrogens (tertiary/aromatic N) is 2. The third kappa shape index (κ3) is 2.55. The van der Waals surface area contributed by atoms with Crippen LogP contribution >= 0.6 is 11.3 Å². The second-order valence-electron chi connectivity index (χ2n) is 4.02. The minimum atomic E-state index is -4.31. The molecule has 0 fully saturated rings. The van der Waals surface area contributed by atoms with Gasteiger partial charge in [0.1, 0.15) is 10.7 Å². The van der Waals surface area contributed by atoms with Gasteiger partial charge < -0.3 is 0 Å². The van der Waals surface area contributed by atoms with Gasteiger partial charge in [-0.2, -0.15) is 18.3 Å². The molecule has 0 amide bonds. The van der Waals surface area contributed by atoms with E-state index >= 15 is 0 Å². The molecule has 1 N–H and O–H groups in total. The van der Waals surface area contributed by atoms with Crippen LogP contribution in [0.5, 0.6) is 0 Å². The summed E-state index contributed by atoms with van der Waals surface area (Å²) in [5, 5.41) is 6.73. The first kappa shape index (κ1) is 13.1. The molecule has 2 heterocycles. The molecule has 2 rings (SSSR count). The van der Waals surface area contributed by atoms with E-state index in [0.29, 0.717) is 27.9 Å². The fourth-order valence-corrected chi connectivity index (χ4v) is 2.22. The van der Waals surface area contributed by atoms with Crippen LogP contribution in [0.25, 0.3) is 10.7 Å². The van der Waals surface area contributed by atoms with E-state index in [9.17, 15) is 13.2 Å². The van der Waals surface area contributed by atoms with E-state index in [0.717, 1.165) is 12.5 Å². The Kier molecular flexibility index (Phi) is 3.43. The van der Waals surface area contributed by atoms with Crippen molar-refractivity contribution in [1.29, 1.82) is 0 Å². The van der Waals surface area contributed by atoms with Crippen LogP contribution in [0.4, 0.5) is 13.2 Å². The molecule has 1 atom stereocenters. The molecule has 0 aliphatic heterocycles. The van der Waals surface area contributed by atoms with Gasteiger partial charge in [-0.15, -0.1) is 11.3 Å². The largest absolute Gasteiger partial charge is 0.425 e. The van der Waals surface area contributed by atoms with Crippen LogP contribution in [0.1, 0.15) is 36.9 Å². The zero-order chi connectivity index (χ0) is 13.3. The Morgan fingerprint density at radius 3 is 2.67 bits per heavy atom. The number of nitrogens with one attached hydrogen (secondary N) is 1. The van der Waals surface area contributed by atoms with Gasteiger partial charge in [-0.05, 0) is 18.6 Å². The van der Waals surface area contributed by atoms with E-state index in [-0.39, 0.29) is 5.92 Å². The lowest BCUT2D eigenvalue weighted by molar-refractivity contribution is -0.134. The first-order valence-electron chi connectivity index (χ1n) is 5.51. The third-order valence-corrected chi connectivity index (χ3v) is 3.81. The maximum Gasteiger partial charge on any atom is 0.425 e. The number of hydrogen-bond acceptors (Lipinski definition) is 3. The second-order valence-corrected chi connectivity index (χ2v) is 5.10. The summed E-state index contributed by atoms with van der Waals surface area (Å²) < 4.78 is 37.4. The molecule has 0 bridgehead atoms. The molecular weight excluding hydrogens is 263 g/mol. The quantitative estimate of drug-likeness (QED) is 0.917. The zero-order valence-corrected chi connectivity index (χ0v) is 10.7. The Labute approximate surface area is 106 Å². The molecule has 0 aromatic carbocycles. The Hall–Kier alpha value is -1.37. The van der Waals surface area contributed by atoms with Crippen LogP contribution in [-0.2, 0) is 6.18 Å². The lowest BCUT2D eigenvalue weighted by atomic mass is 10.1. The normalized spacial score (nSPS) is 13.8. The molecule has 7 heteroatoms. The highest BCUT2D eigenvalue weighted by Gasteiger charge is 2.32. The van der Waals surface area contributed by atoms with E-state index in [1.807, 2.05) is 13.8 Å². The van der Waals surface area contributed by atoms with Gasteiger partial charge in [-0.25, -0.2) is 4.98 Å². The van der Waals surface area contributed by atoms with Crippen molar-refractivity contribution in [1.82, 2.24) is 15.2 Å². The summed E-state index contributed by atoms with van der Waals surface area (Å²) in [6, 6.07) is 2.45. The second kappa shape index (κ2) is 4.72. The van der Waals surface area contributed by atoms with Crippen LogP contribution in [-0.4, -0.2) is 15.2 Å². The van der Waals surface area contributed by atoms with Crippen LogP contribution < -0.4 is 0 Å². The van der Waals surface area contributed by atoms with Crippen molar-refractivity contribution in [2.75, 3.05) is 0 Å². The van der Waals surface area contributed by atoms with Crippen molar-refractivity contribution in [3.63, 3.8) is 0 Å². The smallest absolute Gasteiger partial charge is 0.262 e. The number of rotatable bonds is 3. The maximum absolute atomic E-state index is 12.5. The van der Waals surface area contributed by atoms with Gasteiger partial charge in [0.25, 0.3) is 0 Å². The Morgan fingerprint density at radius 1 is 1.39 bits per heavy atom. The summed E-state index contributed by atoms with van der Waals surface area (Å²) in [5.74, 6) is 1.24. The first-order chi connectivity index (χ1) is 8.41. The number of hydrogen-bond donors (Lipinski definition) is 1. The highest BCUT2D eigenvalue weighted by atomic mass is 32.1. The van der Waals surface area contributed by atoms with E-state index in [1.165, 1.54) is 6.07 Å². The predicted octanol–water partition coefficient (Wildman–Crippen LogP) is 4.07. The highest BCUT2D eigenvalue weighted by Crippen LogP contribution is 2.37. The molecule has 98 valence electrons. The van der Waals surface area contributed by atoms with Gasteiger partial charge in [-0.3, -0.25) is 5.10 Å². The molecule has 0 radical (unpaired) electrons. The van der Waals surface area contributed by atoms with Gasteiger partial charge in [0.2, 0.25) is 0 Å². The van der Waals surface area contributed by atoms with Gasteiger partial charge in [0.15, 0.2) is 5.82 Å². The Balaban J connectivity index is 2.27. The fraction of sp³-hybridized carbons (Fsp3) is 0.455. The number of aromatic amines is 1. The van der Waals surface area contributed by atoms with E-state index in [4.69, 9.17) is 0 Å². The summed E-state index contributed by atoms with van der Waals surface area (Å²) >= 11 is 0.656. The lowest BCUT2D eigenvalue weighted by Crippen LogP contribution is -2.00. The summed E-state index contributed by atoms with van der Waals surface area (Å²) in [5.41, 5.74) is 0. The topological polar surface area (TPSA) is 41.6 Å². The van der Waals surface area contributed by atoms with Crippen molar-refractivity contribution in [2.24, 2.45) is 0 Å². The summed E-state index contributed by atoms with van der Waals surface area (Å²) in [6.45, 7) is 4.00. The molecule has 0 spiro atoms. The average molecular weight is 275 g/mol. The highest BCUT2D eigenvalue weighted by molar-refractivity contribution is 7.15. The lowest BCUT2D eigenvalue weighted by Gasteiger charge is -2.01. The molecule has 1 unspecified atom stereocenters. The molecule has 2 aromatic rings. The van der Waals surface area contributed by atoms with Crippen LogP contribution in [0.2, 0.25) is 0 Å². The molecule has 0 aliphatic rings. The molecule has 0 saturated heterocycles. The molecule has 3 nitrogen and oxygen atoms in total. The number of alkyl halides is 3. The Bertz CT molecular complexity index is 530. The van der Waals surface area contributed by atoms with Crippen molar-refractivity contribution in [3.8, 4) is 10.7 Å². The van der Waals surface area contributed by atoms with Gasteiger partial charge in [0, 0.05) is 5.92 Å². The molecule has 0 saturated carbocycles. The van der Waals surface area contributed by atoms with E-state index in [1.54, 1.807) is 0 Å². The minimum absolute atomic E-state index is 0.216. The van der Waals surface area contributed by atoms with Gasteiger partial charge in [0.05, 0.1) is 4.88 Å². The number of H-pyrrole nitrogens is 1. The summed E-state index contributed by atoms with van der Waals surface area (Å²) in [7, 11) is 0. The Morgan fingerprint density at radius 2 is 2.11 bits per heavy atom. The van der Waals surface area contributed by atoms with E-state index < -0.39 is 11.1 Å². The number of halogens is 3. The minimum Gasteiger partial charge on any atom is -0.262 e. The van der Waals surface area contributed by atoms with Crippen molar-refractivity contribution >= 4 is 11.3 Å². The van der Waals surface area contributed by atoms with Crippen molar-refractivity contribution in [3.05, 3.63) is 22.8 Å². The predicted molar refractivity (Wildman–Crippen MR) is 63.4 cm³/mol. The van der Waals surface area contributed by atoms with Crippen LogP contribution in [0.15, 0.2) is 12.1 Å². The van der Waals surface area contributed by atoms with Crippen LogP contribution in [0.3, 0.4) is 0 Å². The number of thiophene rings is 1. The monoisotopic (exact) mass is 275 g/mol. The van der Waals surface area contributed by atoms with Gasteiger partial charge >= 0.3 is 6.18 Å². The van der Waals surface area contributed by atoms with Crippen molar-refractivity contribution in [2.45, 2.75) is 32.4 Å². The average Bonchev–Trinajstić information content (AvgIpc) is 2.94. The number of aromatic nitrogens is 3. The summed E-state index contributed by atoms with van der Waals surface area (Å²) in [4.78, 5) is 4.02. The molecule has 2 aromatic heterocycles. The molecule has 0 aliphatic carbocycles.